The maximum absolute atomic E-state index is 13.4. The van der Waals surface area contributed by atoms with Crippen molar-refractivity contribution in [3.63, 3.8) is 0 Å². The lowest BCUT2D eigenvalue weighted by Crippen LogP contribution is -1.96. The number of nitrogens with zero attached hydrogens (tertiary/aromatic N) is 2. The summed E-state index contributed by atoms with van der Waals surface area (Å²) in [7, 11) is 0. The van der Waals surface area contributed by atoms with Gasteiger partial charge in [-0.1, -0.05) is 17.3 Å². The van der Waals surface area contributed by atoms with E-state index < -0.39 is 11.8 Å². The van der Waals surface area contributed by atoms with Crippen LogP contribution in [0.25, 0.3) is 11.4 Å². The maximum atomic E-state index is 13.4. The molecule has 5 nitrogen and oxygen atoms in total. The third kappa shape index (κ3) is 2.91. The summed E-state index contributed by atoms with van der Waals surface area (Å²) in [6.07, 6.45) is 0.819. The second-order valence-electron chi connectivity index (χ2n) is 3.74. The molecule has 18 heavy (non-hydrogen) atoms. The summed E-state index contributed by atoms with van der Waals surface area (Å²) < 4.78 is 18.4. The minimum absolute atomic E-state index is 0.0391. The fraction of sp³-hybridized carbons (Fsp3) is 0.250. The smallest absolute Gasteiger partial charge is 0.303 e. The minimum atomic E-state index is -0.871. The molecule has 1 heterocycles. The summed E-state index contributed by atoms with van der Waals surface area (Å²) in [5.41, 5.74) is 0.269. The second kappa shape index (κ2) is 5.39. The Morgan fingerprint density at radius 1 is 1.39 bits per heavy atom. The topological polar surface area (TPSA) is 76.2 Å². The monoisotopic (exact) mass is 250 g/mol. The lowest BCUT2D eigenvalue weighted by Gasteiger charge is -1.94. The first-order chi connectivity index (χ1) is 8.66. The Balaban J connectivity index is 2.06. The Kier molecular flexibility index (Phi) is 3.66. The molecule has 0 atom stereocenters. The minimum Gasteiger partial charge on any atom is -0.481 e. The summed E-state index contributed by atoms with van der Waals surface area (Å²) in [5.74, 6) is -0.799. The van der Waals surface area contributed by atoms with E-state index in [4.69, 9.17) is 9.63 Å². The highest BCUT2D eigenvalue weighted by molar-refractivity contribution is 5.66. The van der Waals surface area contributed by atoms with Gasteiger partial charge in [0.05, 0.1) is 5.56 Å². The molecule has 0 aliphatic rings. The normalized spacial score (nSPS) is 10.5. The quantitative estimate of drug-likeness (QED) is 0.880. The lowest BCUT2D eigenvalue weighted by molar-refractivity contribution is -0.137. The number of aryl methyl sites for hydroxylation is 1. The van der Waals surface area contributed by atoms with Crippen LogP contribution < -0.4 is 0 Å². The zero-order chi connectivity index (χ0) is 13.0. The molecule has 1 N–H and O–H groups in total. The van der Waals surface area contributed by atoms with Crippen molar-refractivity contribution in [3.8, 4) is 11.4 Å². The number of hydrogen-bond donors (Lipinski definition) is 1. The molecular weight excluding hydrogens is 239 g/mol. The van der Waals surface area contributed by atoms with Gasteiger partial charge in [-0.25, -0.2) is 4.39 Å². The number of carboxylic acids is 1. The lowest BCUT2D eigenvalue weighted by atomic mass is 10.2. The van der Waals surface area contributed by atoms with Crippen LogP contribution in [0.15, 0.2) is 28.8 Å². The molecule has 0 saturated heterocycles. The van der Waals surface area contributed by atoms with Crippen molar-refractivity contribution in [2.75, 3.05) is 0 Å². The zero-order valence-corrected chi connectivity index (χ0v) is 9.47. The zero-order valence-electron chi connectivity index (χ0n) is 9.47. The van der Waals surface area contributed by atoms with Crippen LogP contribution in [0.5, 0.6) is 0 Å². The van der Waals surface area contributed by atoms with Crippen LogP contribution in [0.1, 0.15) is 18.7 Å². The van der Waals surface area contributed by atoms with Crippen LogP contribution in [0.3, 0.4) is 0 Å². The number of carbonyl (C=O) groups is 1. The molecule has 0 aliphatic carbocycles. The Hall–Kier alpha value is -2.24. The van der Waals surface area contributed by atoms with E-state index in [0.29, 0.717) is 18.7 Å². The van der Waals surface area contributed by atoms with Crippen molar-refractivity contribution >= 4 is 5.97 Å². The molecule has 1 aromatic carbocycles. The van der Waals surface area contributed by atoms with Crippen molar-refractivity contribution < 1.29 is 18.8 Å². The molecular formula is C12H11FN2O3. The predicted molar refractivity (Wildman–Crippen MR) is 60.3 cm³/mol. The van der Waals surface area contributed by atoms with E-state index >= 15 is 0 Å². The molecule has 1 aromatic heterocycles. The summed E-state index contributed by atoms with van der Waals surface area (Å²) in [6, 6.07) is 6.13. The Morgan fingerprint density at radius 3 is 2.89 bits per heavy atom. The van der Waals surface area contributed by atoms with Crippen LogP contribution in [0, 0.1) is 5.82 Å². The molecule has 0 unspecified atom stereocenters. The van der Waals surface area contributed by atoms with Gasteiger partial charge in [0.15, 0.2) is 0 Å². The molecule has 0 bridgehead atoms. The fourth-order valence-corrected chi connectivity index (χ4v) is 1.50. The third-order valence-electron chi connectivity index (χ3n) is 2.36. The van der Waals surface area contributed by atoms with E-state index in [0.717, 1.165) is 0 Å². The highest BCUT2D eigenvalue weighted by atomic mass is 19.1. The van der Waals surface area contributed by atoms with E-state index in [1.165, 1.54) is 6.07 Å². The molecule has 0 radical (unpaired) electrons. The molecule has 6 heteroatoms. The molecule has 94 valence electrons. The van der Waals surface area contributed by atoms with E-state index in [9.17, 15) is 9.18 Å². The van der Waals surface area contributed by atoms with Crippen LogP contribution in [0.4, 0.5) is 4.39 Å². The van der Waals surface area contributed by atoms with Crippen molar-refractivity contribution in [1.29, 1.82) is 0 Å². The van der Waals surface area contributed by atoms with Gasteiger partial charge in [0.2, 0.25) is 11.7 Å². The summed E-state index contributed by atoms with van der Waals surface area (Å²) >= 11 is 0. The number of carboxylic acid groups (broad SMARTS) is 1. The van der Waals surface area contributed by atoms with Crippen molar-refractivity contribution in [2.24, 2.45) is 0 Å². The fourth-order valence-electron chi connectivity index (χ4n) is 1.50. The van der Waals surface area contributed by atoms with Gasteiger partial charge in [-0.05, 0) is 18.6 Å². The average Bonchev–Trinajstić information content (AvgIpc) is 2.78. The van der Waals surface area contributed by atoms with E-state index in [1.807, 2.05) is 0 Å². The summed E-state index contributed by atoms with van der Waals surface area (Å²) in [5, 5.41) is 12.2. The average molecular weight is 250 g/mol. The Morgan fingerprint density at radius 2 is 2.17 bits per heavy atom. The number of halogens is 1. The third-order valence-corrected chi connectivity index (χ3v) is 2.36. The van der Waals surface area contributed by atoms with Crippen LogP contribution in [-0.2, 0) is 11.2 Å². The van der Waals surface area contributed by atoms with Gasteiger partial charge < -0.3 is 9.63 Å². The second-order valence-corrected chi connectivity index (χ2v) is 3.74. The number of rotatable bonds is 5. The Labute approximate surface area is 102 Å². The van der Waals surface area contributed by atoms with Crippen LogP contribution in [-0.4, -0.2) is 21.2 Å². The maximum Gasteiger partial charge on any atom is 0.303 e. The largest absolute Gasteiger partial charge is 0.481 e. The standard InChI is InChI=1S/C12H11FN2O3/c13-9-5-2-1-4-8(9)12-14-10(18-15-12)6-3-7-11(16)17/h1-2,4-5H,3,6-7H2,(H,16,17). The first kappa shape index (κ1) is 12.2. The molecule has 0 spiro atoms. The molecule has 2 rings (SSSR count). The van der Waals surface area contributed by atoms with Gasteiger partial charge in [0, 0.05) is 12.8 Å². The molecule has 0 saturated carbocycles. The highest BCUT2D eigenvalue weighted by Crippen LogP contribution is 2.19. The highest BCUT2D eigenvalue weighted by Gasteiger charge is 2.12. The van der Waals surface area contributed by atoms with E-state index in [1.54, 1.807) is 18.2 Å². The van der Waals surface area contributed by atoms with Crippen molar-refractivity contribution in [1.82, 2.24) is 10.1 Å². The molecule has 0 fully saturated rings. The van der Waals surface area contributed by atoms with Gasteiger partial charge in [-0.2, -0.15) is 4.98 Å². The van der Waals surface area contributed by atoms with E-state index in [-0.39, 0.29) is 17.8 Å². The van der Waals surface area contributed by atoms with Crippen LogP contribution in [0.2, 0.25) is 0 Å². The summed E-state index contributed by atoms with van der Waals surface area (Å²) in [4.78, 5) is 14.4. The molecule has 2 aromatic rings. The van der Waals surface area contributed by atoms with Crippen molar-refractivity contribution in [3.05, 3.63) is 36.0 Å². The van der Waals surface area contributed by atoms with E-state index in [2.05, 4.69) is 10.1 Å². The Bertz CT molecular complexity index is 554. The first-order valence-corrected chi connectivity index (χ1v) is 5.46. The van der Waals surface area contributed by atoms with Gasteiger partial charge in [0.25, 0.3) is 0 Å². The van der Waals surface area contributed by atoms with Gasteiger partial charge in [-0.3, -0.25) is 4.79 Å². The van der Waals surface area contributed by atoms with Gasteiger partial charge in [0.1, 0.15) is 5.82 Å². The van der Waals surface area contributed by atoms with Crippen molar-refractivity contribution in [2.45, 2.75) is 19.3 Å². The van der Waals surface area contributed by atoms with Crippen LogP contribution >= 0.6 is 0 Å². The molecule has 0 aliphatic heterocycles. The first-order valence-electron chi connectivity index (χ1n) is 5.46. The number of hydrogen-bond acceptors (Lipinski definition) is 4. The number of benzene rings is 1. The number of aromatic nitrogens is 2. The summed E-state index contributed by atoms with van der Waals surface area (Å²) in [6.45, 7) is 0. The predicted octanol–water partition coefficient (Wildman–Crippen LogP) is 2.28. The SMILES string of the molecule is O=C(O)CCCc1nc(-c2ccccc2F)no1. The number of aliphatic carboxylic acids is 1. The molecule has 0 amide bonds. The van der Waals surface area contributed by atoms with Gasteiger partial charge in [-0.15, -0.1) is 0 Å². The van der Waals surface area contributed by atoms with Gasteiger partial charge >= 0.3 is 5.97 Å².